The van der Waals surface area contributed by atoms with Crippen LogP contribution in [0, 0.1) is 6.92 Å². The van der Waals surface area contributed by atoms with E-state index in [1.54, 1.807) is 0 Å². The van der Waals surface area contributed by atoms with Crippen LogP contribution in [0.25, 0.3) is 0 Å². The Labute approximate surface area is 125 Å². The first-order chi connectivity index (χ1) is 9.63. The van der Waals surface area contributed by atoms with Crippen molar-refractivity contribution >= 4 is 33.5 Å². The monoisotopic (exact) mass is 338 g/mol. The first kappa shape index (κ1) is 14.5. The average molecular weight is 339 g/mol. The standard InChI is InChI=1S/C12H15BrN6O/c1-3-20-12-17-10(16-11(18-12)19-14)15-9-6-4-5-8(13)7(9)2/h4-6H,3,14H2,1-2H3,(H2,15,16,17,18,19). The molecule has 1 aromatic heterocycles. The molecule has 106 valence electrons. The molecule has 2 aromatic rings. The number of nitrogens with zero attached hydrogens (tertiary/aromatic N) is 3. The summed E-state index contributed by atoms with van der Waals surface area (Å²) >= 11 is 3.48. The smallest absolute Gasteiger partial charge is 0.323 e. The Morgan fingerprint density at radius 2 is 2.00 bits per heavy atom. The fourth-order valence-electron chi connectivity index (χ4n) is 1.53. The molecule has 0 aliphatic heterocycles. The van der Waals surface area contributed by atoms with Crippen LogP contribution in [-0.2, 0) is 0 Å². The highest BCUT2D eigenvalue weighted by Crippen LogP contribution is 2.25. The van der Waals surface area contributed by atoms with Gasteiger partial charge < -0.3 is 10.1 Å². The van der Waals surface area contributed by atoms with Crippen molar-refractivity contribution in [3.05, 3.63) is 28.2 Å². The number of benzene rings is 1. The molecule has 2 rings (SSSR count). The molecule has 1 heterocycles. The number of anilines is 3. The number of rotatable bonds is 5. The van der Waals surface area contributed by atoms with E-state index in [0.717, 1.165) is 15.7 Å². The molecule has 4 N–H and O–H groups in total. The van der Waals surface area contributed by atoms with Crippen LogP contribution in [0.1, 0.15) is 12.5 Å². The lowest BCUT2D eigenvalue weighted by molar-refractivity contribution is 0.312. The van der Waals surface area contributed by atoms with E-state index in [1.165, 1.54) is 0 Å². The van der Waals surface area contributed by atoms with Gasteiger partial charge in [0.2, 0.25) is 11.9 Å². The largest absolute Gasteiger partial charge is 0.464 e. The van der Waals surface area contributed by atoms with E-state index in [1.807, 2.05) is 32.0 Å². The number of hydrogen-bond donors (Lipinski definition) is 3. The molecule has 0 aliphatic carbocycles. The van der Waals surface area contributed by atoms with Gasteiger partial charge in [-0.25, -0.2) is 5.84 Å². The Kier molecular flexibility index (Phi) is 4.70. The molecule has 0 saturated carbocycles. The molecule has 0 spiro atoms. The molecule has 0 amide bonds. The molecule has 0 atom stereocenters. The van der Waals surface area contributed by atoms with Crippen molar-refractivity contribution in [1.82, 2.24) is 15.0 Å². The SMILES string of the molecule is CCOc1nc(NN)nc(Nc2cccc(Br)c2C)n1. The Morgan fingerprint density at radius 3 is 2.70 bits per heavy atom. The van der Waals surface area contributed by atoms with Gasteiger partial charge in [0.1, 0.15) is 0 Å². The number of ether oxygens (including phenoxy) is 1. The van der Waals surface area contributed by atoms with Gasteiger partial charge in [-0.05, 0) is 31.5 Å². The zero-order valence-electron chi connectivity index (χ0n) is 11.1. The van der Waals surface area contributed by atoms with E-state index in [-0.39, 0.29) is 12.0 Å². The quantitative estimate of drug-likeness (QED) is 0.568. The van der Waals surface area contributed by atoms with Gasteiger partial charge in [0.15, 0.2) is 0 Å². The molecule has 7 nitrogen and oxygen atoms in total. The highest BCUT2D eigenvalue weighted by Gasteiger charge is 2.08. The minimum Gasteiger partial charge on any atom is -0.464 e. The van der Waals surface area contributed by atoms with E-state index >= 15 is 0 Å². The number of aromatic nitrogens is 3. The molecule has 8 heteroatoms. The van der Waals surface area contributed by atoms with Gasteiger partial charge >= 0.3 is 6.01 Å². The summed E-state index contributed by atoms with van der Waals surface area (Å²) in [7, 11) is 0. The minimum atomic E-state index is 0.214. The first-order valence-electron chi connectivity index (χ1n) is 6.01. The average Bonchev–Trinajstić information content (AvgIpc) is 2.44. The lowest BCUT2D eigenvalue weighted by Crippen LogP contribution is -2.13. The van der Waals surface area contributed by atoms with Crippen molar-refractivity contribution in [3.8, 4) is 6.01 Å². The summed E-state index contributed by atoms with van der Waals surface area (Å²) in [5.74, 6) is 5.93. The van der Waals surface area contributed by atoms with E-state index in [9.17, 15) is 0 Å². The lowest BCUT2D eigenvalue weighted by atomic mass is 10.2. The van der Waals surface area contributed by atoms with Crippen LogP contribution in [0.15, 0.2) is 22.7 Å². The van der Waals surface area contributed by atoms with Gasteiger partial charge in [-0.2, -0.15) is 15.0 Å². The van der Waals surface area contributed by atoms with Gasteiger partial charge in [-0.1, -0.05) is 22.0 Å². The van der Waals surface area contributed by atoms with E-state index < -0.39 is 0 Å². The Hall–Kier alpha value is -1.93. The van der Waals surface area contributed by atoms with Crippen LogP contribution in [0.5, 0.6) is 6.01 Å². The molecule has 0 aliphatic rings. The molecule has 0 saturated heterocycles. The van der Waals surface area contributed by atoms with Crippen molar-refractivity contribution in [3.63, 3.8) is 0 Å². The molecule has 0 fully saturated rings. The van der Waals surface area contributed by atoms with Crippen molar-refractivity contribution in [2.45, 2.75) is 13.8 Å². The Bertz CT molecular complexity index is 606. The van der Waals surface area contributed by atoms with Crippen LogP contribution >= 0.6 is 15.9 Å². The zero-order chi connectivity index (χ0) is 14.5. The topological polar surface area (TPSA) is 98.0 Å². The molecule has 20 heavy (non-hydrogen) atoms. The molecular weight excluding hydrogens is 324 g/mol. The number of hydrazine groups is 1. The van der Waals surface area contributed by atoms with Gasteiger partial charge in [0, 0.05) is 10.2 Å². The predicted molar refractivity (Wildman–Crippen MR) is 81.0 cm³/mol. The fourth-order valence-corrected chi connectivity index (χ4v) is 1.90. The second-order valence-corrected chi connectivity index (χ2v) is 4.73. The molecule has 0 radical (unpaired) electrons. The maximum absolute atomic E-state index is 5.34. The van der Waals surface area contributed by atoms with Crippen LogP contribution in [0.3, 0.4) is 0 Å². The maximum atomic E-state index is 5.34. The van der Waals surface area contributed by atoms with Gasteiger partial charge in [0.05, 0.1) is 6.61 Å². The summed E-state index contributed by atoms with van der Waals surface area (Å²) in [5.41, 5.74) is 4.32. The summed E-state index contributed by atoms with van der Waals surface area (Å²) in [4.78, 5) is 12.3. The van der Waals surface area contributed by atoms with Gasteiger partial charge in [-0.15, -0.1) is 0 Å². The number of halogens is 1. The minimum absolute atomic E-state index is 0.214. The summed E-state index contributed by atoms with van der Waals surface area (Å²) in [6.45, 7) is 4.30. The molecule has 0 unspecified atom stereocenters. The summed E-state index contributed by atoms with van der Waals surface area (Å²) in [6.07, 6.45) is 0. The van der Waals surface area contributed by atoms with E-state index in [0.29, 0.717) is 12.6 Å². The zero-order valence-corrected chi connectivity index (χ0v) is 12.7. The van der Waals surface area contributed by atoms with Gasteiger partial charge in [0.25, 0.3) is 0 Å². The Balaban J connectivity index is 2.32. The van der Waals surface area contributed by atoms with Crippen LogP contribution in [0.4, 0.5) is 17.6 Å². The molecule has 0 bridgehead atoms. The van der Waals surface area contributed by atoms with Crippen molar-refractivity contribution < 1.29 is 4.74 Å². The highest BCUT2D eigenvalue weighted by molar-refractivity contribution is 9.10. The van der Waals surface area contributed by atoms with Crippen molar-refractivity contribution in [2.24, 2.45) is 5.84 Å². The van der Waals surface area contributed by atoms with E-state index in [4.69, 9.17) is 10.6 Å². The number of nitrogens with two attached hydrogens (primary N) is 1. The Morgan fingerprint density at radius 1 is 1.25 bits per heavy atom. The van der Waals surface area contributed by atoms with E-state index in [2.05, 4.69) is 41.6 Å². The third-order valence-corrected chi connectivity index (χ3v) is 3.39. The van der Waals surface area contributed by atoms with Crippen molar-refractivity contribution in [1.29, 1.82) is 0 Å². The second kappa shape index (κ2) is 6.49. The first-order valence-corrected chi connectivity index (χ1v) is 6.81. The van der Waals surface area contributed by atoms with Gasteiger partial charge in [-0.3, -0.25) is 5.43 Å². The summed E-state index contributed by atoms with van der Waals surface area (Å²) in [5, 5.41) is 3.12. The third-order valence-electron chi connectivity index (χ3n) is 2.53. The molecule has 1 aromatic carbocycles. The fraction of sp³-hybridized carbons (Fsp3) is 0.250. The number of nitrogen functional groups attached to an aromatic ring is 1. The molecular formula is C12H15BrN6O. The van der Waals surface area contributed by atoms with Crippen LogP contribution in [-0.4, -0.2) is 21.6 Å². The summed E-state index contributed by atoms with van der Waals surface area (Å²) < 4.78 is 6.27. The number of hydrogen-bond acceptors (Lipinski definition) is 7. The predicted octanol–water partition coefficient (Wildman–Crippen LogP) is 2.37. The summed E-state index contributed by atoms with van der Waals surface area (Å²) in [6, 6.07) is 6.03. The third kappa shape index (κ3) is 3.34. The normalized spacial score (nSPS) is 10.2. The second-order valence-electron chi connectivity index (χ2n) is 3.88. The highest BCUT2D eigenvalue weighted by atomic mass is 79.9. The lowest BCUT2D eigenvalue weighted by Gasteiger charge is -2.11. The van der Waals surface area contributed by atoms with Crippen molar-refractivity contribution in [2.75, 3.05) is 17.3 Å². The van der Waals surface area contributed by atoms with Crippen LogP contribution < -0.4 is 21.3 Å². The number of nitrogens with one attached hydrogen (secondary N) is 2. The van der Waals surface area contributed by atoms with Crippen LogP contribution in [0.2, 0.25) is 0 Å². The maximum Gasteiger partial charge on any atom is 0.323 e.